The largest absolute Gasteiger partial charge is 0.471 e. The molecule has 0 bridgehead atoms. The first-order valence-corrected chi connectivity index (χ1v) is 9.35. The Balaban J connectivity index is 1.77. The Morgan fingerprint density at radius 3 is 2.55 bits per heavy atom. The van der Waals surface area contributed by atoms with Gasteiger partial charge in [0, 0.05) is 24.5 Å². The molecule has 0 fully saturated rings. The third-order valence-electron chi connectivity index (χ3n) is 3.67. The Morgan fingerprint density at radius 1 is 1.10 bits per heavy atom. The Morgan fingerprint density at radius 2 is 1.90 bits per heavy atom. The molecule has 0 saturated heterocycles. The Labute approximate surface area is 170 Å². The van der Waals surface area contributed by atoms with Crippen LogP contribution in [0.3, 0.4) is 0 Å². The lowest BCUT2D eigenvalue weighted by Gasteiger charge is -2.19. The molecule has 2 heterocycles. The minimum atomic E-state index is -0.508. The number of methoxy groups -OCH3 is 1. The summed E-state index contributed by atoms with van der Waals surface area (Å²) in [5, 5.41) is 2.73. The predicted molar refractivity (Wildman–Crippen MR) is 107 cm³/mol. The van der Waals surface area contributed by atoms with Crippen LogP contribution in [0, 0.1) is 0 Å². The van der Waals surface area contributed by atoms with Gasteiger partial charge in [0.1, 0.15) is 12.2 Å². The van der Waals surface area contributed by atoms with Crippen molar-refractivity contribution in [2.75, 3.05) is 13.7 Å². The van der Waals surface area contributed by atoms with Crippen molar-refractivity contribution in [2.45, 2.75) is 45.8 Å². The molecular formula is C21H27N3O5. The highest BCUT2D eigenvalue weighted by Crippen LogP contribution is 2.12. The summed E-state index contributed by atoms with van der Waals surface area (Å²) in [5.41, 5.74) is 1.41. The summed E-state index contributed by atoms with van der Waals surface area (Å²) in [6.45, 7) is 6.21. The average Bonchev–Trinajstić information content (AvgIpc) is 2.68. The molecule has 8 heteroatoms. The number of amides is 1. The normalized spacial score (nSPS) is 10.9. The highest BCUT2D eigenvalue weighted by atomic mass is 16.6. The Hall–Kier alpha value is -3.16. The summed E-state index contributed by atoms with van der Waals surface area (Å²) >= 11 is 0. The van der Waals surface area contributed by atoms with Crippen LogP contribution in [0.2, 0.25) is 0 Å². The zero-order valence-electron chi connectivity index (χ0n) is 17.2. The number of hydrogen-bond acceptors (Lipinski definition) is 7. The van der Waals surface area contributed by atoms with E-state index in [0.717, 1.165) is 12.1 Å². The average molecular weight is 401 g/mol. The molecule has 0 atom stereocenters. The molecule has 1 amide bonds. The SMILES string of the molecule is COC(=O)c1ccc(COc2cccc(CCCNC(=O)OC(C)(C)C)n2)nc1. The smallest absolute Gasteiger partial charge is 0.407 e. The van der Waals surface area contributed by atoms with Gasteiger partial charge in [0.25, 0.3) is 0 Å². The third-order valence-corrected chi connectivity index (χ3v) is 3.67. The number of ether oxygens (including phenoxy) is 3. The van der Waals surface area contributed by atoms with Crippen molar-refractivity contribution in [2.24, 2.45) is 0 Å². The standard InChI is InChI=1S/C21H27N3O5/c1-21(2,3)29-20(26)22-12-6-8-16-7-5-9-18(24-16)28-14-17-11-10-15(13-23-17)19(25)27-4/h5,7,9-11,13H,6,8,12,14H2,1-4H3,(H,22,26). The van der Waals surface area contributed by atoms with Gasteiger partial charge in [-0.1, -0.05) is 6.07 Å². The van der Waals surface area contributed by atoms with Crippen LogP contribution in [-0.2, 0) is 22.5 Å². The first kappa shape index (κ1) is 22.1. The van der Waals surface area contributed by atoms with E-state index >= 15 is 0 Å². The number of nitrogens with zero attached hydrogens (tertiary/aromatic N) is 2. The number of aromatic nitrogens is 2. The second kappa shape index (κ2) is 10.4. The molecule has 2 rings (SSSR count). The second-order valence-electron chi connectivity index (χ2n) is 7.32. The van der Waals surface area contributed by atoms with Crippen LogP contribution in [0.4, 0.5) is 4.79 Å². The summed E-state index contributed by atoms with van der Waals surface area (Å²) in [6.07, 6.45) is 2.45. The molecule has 1 N–H and O–H groups in total. The molecule has 0 unspecified atom stereocenters. The summed E-state index contributed by atoms with van der Waals surface area (Å²) in [7, 11) is 1.33. The Kier molecular flexibility index (Phi) is 7.94. The molecule has 29 heavy (non-hydrogen) atoms. The van der Waals surface area contributed by atoms with E-state index in [-0.39, 0.29) is 6.61 Å². The zero-order chi connectivity index (χ0) is 21.3. The number of esters is 1. The predicted octanol–water partition coefficient (Wildman–Crippen LogP) is 3.30. The van der Waals surface area contributed by atoms with E-state index in [1.807, 2.05) is 32.9 Å². The molecule has 2 aromatic rings. The summed E-state index contributed by atoms with van der Waals surface area (Å²) in [4.78, 5) is 31.7. The lowest BCUT2D eigenvalue weighted by Crippen LogP contribution is -2.33. The molecule has 2 aromatic heterocycles. The third kappa shape index (κ3) is 8.16. The molecule has 0 aromatic carbocycles. The fraction of sp³-hybridized carbons (Fsp3) is 0.429. The molecule has 0 saturated carbocycles. The zero-order valence-corrected chi connectivity index (χ0v) is 17.2. The number of pyridine rings is 2. The molecular weight excluding hydrogens is 374 g/mol. The minimum absolute atomic E-state index is 0.234. The van der Waals surface area contributed by atoms with Gasteiger partial charge in [0.05, 0.1) is 18.4 Å². The van der Waals surface area contributed by atoms with E-state index in [4.69, 9.17) is 9.47 Å². The number of rotatable bonds is 8. The number of carbonyl (C=O) groups is 2. The quantitative estimate of drug-likeness (QED) is 0.535. The monoisotopic (exact) mass is 401 g/mol. The van der Waals surface area contributed by atoms with Crippen molar-refractivity contribution in [3.63, 3.8) is 0 Å². The van der Waals surface area contributed by atoms with Gasteiger partial charge < -0.3 is 19.5 Å². The van der Waals surface area contributed by atoms with Crippen LogP contribution in [0.15, 0.2) is 36.5 Å². The summed E-state index contributed by atoms with van der Waals surface area (Å²) in [6, 6.07) is 8.89. The van der Waals surface area contributed by atoms with Crippen molar-refractivity contribution in [3.8, 4) is 5.88 Å². The molecule has 0 aliphatic carbocycles. The number of hydrogen-bond donors (Lipinski definition) is 1. The number of alkyl carbamates (subject to hydrolysis) is 1. The van der Waals surface area contributed by atoms with E-state index < -0.39 is 17.7 Å². The molecule has 156 valence electrons. The molecule has 0 aliphatic heterocycles. The summed E-state index contributed by atoms with van der Waals surface area (Å²) in [5.74, 6) is 0.0574. The van der Waals surface area contributed by atoms with Gasteiger partial charge in [0.2, 0.25) is 5.88 Å². The van der Waals surface area contributed by atoms with Gasteiger partial charge in [-0.15, -0.1) is 0 Å². The van der Waals surface area contributed by atoms with E-state index in [1.54, 1.807) is 18.2 Å². The Bertz CT molecular complexity index is 816. The van der Waals surface area contributed by atoms with Crippen molar-refractivity contribution in [1.82, 2.24) is 15.3 Å². The van der Waals surface area contributed by atoms with Crippen molar-refractivity contribution in [1.29, 1.82) is 0 Å². The maximum atomic E-state index is 11.6. The van der Waals surface area contributed by atoms with Crippen LogP contribution in [0.25, 0.3) is 0 Å². The van der Waals surface area contributed by atoms with E-state index in [1.165, 1.54) is 13.3 Å². The van der Waals surface area contributed by atoms with Gasteiger partial charge in [-0.2, -0.15) is 0 Å². The van der Waals surface area contributed by atoms with Gasteiger partial charge in [-0.05, 0) is 51.8 Å². The maximum absolute atomic E-state index is 11.6. The molecule has 0 spiro atoms. The molecule has 8 nitrogen and oxygen atoms in total. The van der Waals surface area contributed by atoms with E-state index in [2.05, 4.69) is 20.0 Å². The second-order valence-corrected chi connectivity index (χ2v) is 7.32. The first-order chi connectivity index (χ1) is 13.8. The van der Waals surface area contributed by atoms with Crippen molar-refractivity contribution in [3.05, 3.63) is 53.5 Å². The maximum Gasteiger partial charge on any atom is 0.407 e. The van der Waals surface area contributed by atoms with Crippen LogP contribution in [0.5, 0.6) is 5.88 Å². The van der Waals surface area contributed by atoms with Crippen LogP contribution in [-0.4, -0.2) is 41.3 Å². The van der Waals surface area contributed by atoms with Gasteiger partial charge >= 0.3 is 12.1 Å². The van der Waals surface area contributed by atoms with Crippen LogP contribution in [0.1, 0.15) is 48.9 Å². The first-order valence-electron chi connectivity index (χ1n) is 9.35. The van der Waals surface area contributed by atoms with E-state index in [0.29, 0.717) is 30.1 Å². The number of aryl methyl sites for hydroxylation is 1. The number of carbonyl (C=O) groups excluding carboxylic acids is 2. The fourth-order valence-electron chi connectivity index (χ4n) is 2.35. The minimum Gasteiger partial charge on any atom is -0.471 e. The van der Waals surface area contributed by atoms with Crippen molar-refractivity contribution < 1.29 is 23.8 Å². The molecule has 0 radical (unpaired) electrons. The van der Waals surface area contributed by atoms with E-state index in [9.17, 15) is 9.59 Å². The van der Waals surface area contributed by atoms with Crippen LogP contribution >= 0.6 is 0 Å². The van der Waals surface area contributed by atoms with Gasteiger partial charge in [-0.3, -0.25) is 4.98 Å². The van der Waals surface area contributed by atoms with Gasteiger partial charge in [-0.25, -0.2) is 14.6 Å². The van der Waals surface area contributed by atoms with Crippen molar-refractivity contribution >= 4 is 12.1 Å². The van der Waals surface area contributed by atoms with Gasteiger partial charge in [0.15, 0.2) is 0 Å². The number of nitrogens with one attached hydrogen (secondary N) is 1. The topological polar surface area (TPSA) is 99.6 Å². The van der Waals surface area contributed by atoms with Crippen LogP contribution < -0.4 is 10.1 Å². The highest BCUT2D eigenvalue weighted by molar-refractivity contribution is 5.88. The summed E-state index contributed by atoms with van der Waals surface area (Å²) < 4.78 is 15.5. The lowest BCUT2D eigenvalue weighted by molar-refractivity contribution is 0.0526. The fourth-order valence-corrected chi connectivity index (χ4v) is 2.35. The molecule has 0 aliphatic rings. The highest BCUT2D eigenvalue weighted by Gasteiger charge is 2.15. The lowest BCUT2D eigenvalue weighted by atomic mass is 10.2.